The molecule has 4 aromatic rings. The minimum absolute atomic E-state index is 0.00576. The first-order chi connectivity index (χ1) is 20.2. The number of alkyl halides is 3. The zero-order valence-corrected chi connectivity index (χ0v) is 22.4. The molecule has 0 saturated carbocycles. The summed E-state index contributed by atoms with van der Waals surface area (Å²) in [6, 6.07) is 12.7. The number of halogens is 4. The van der Waals surface area contributed by atoms with Crippen LogP contribution >= 0.6 is 0 Å². The van der Waals surface area contributed by atoms with Crippen LogP contribution in [0.15, 0.2) is 72.1 Å². The number of phenols is 1. The number of hydrogen-bond acceptors (Lipinski definition) is 10. The molecule has 2 aromatic carbocycles. The highest BCUT2D eigenvalue weighted by Gasteiger charge is 2.31. The first kappa shape index (κ1) is 30.0. The highest BCUT2D eigenvalue weighted by Crippen LogP contribution is 2.35. The number of anilines is 6. The van der Waals surface area contributed by atoms with Crippen molar-refractivity contribution in [1.29, 1.82) is 0 Å². The Bertz CT molecular complexity index is 1500. The zero-order chi connectivity index (χ0) is 30.0. The monoisotopic (exact) mass is 584 g/mol. The van der Waals surface area contributed by atoms with Gasteiger partial charge in [-0.25, -0.2) is 14.8 Å². The lowest BCUT2D eigenvalue weighted by molar-refractivity contribution is -0.137. The Morgan fingerprint density at radius 3 is 2.40 bits per heavy atom. The highest BCUT2D eigenvalue weighted by atomic mass is 19.4. The average Bonchev–Trinajstić information content (AvgIpc) is 2.95. The standard InChI is InChI=1S/C28H28F4N8O2/c1-2-9-42-10-8-33-26-25(29)17-35-27(39-26)40-36-16-20-6-7-21(15-34-20)38-23-12-18(28(30,31)32)11-22(13-23)37-19-4-3-5-24(41)14-19/h3-7,11-17,37-38,41H,2,8-10H2,1H3,(H2,33,35,39,40)/b36-16+. The molecular weight excluding hydrogens is 556 g/mol. The molecule has 14 heteroatoms. The van der Waals surface area contributed by atoms with Crippen LogP contribution in [0.5, 0.6) is 5.75 Å². The summed E-state index contributed by atoms with van der Waals surface area (Å²) in [4.78, 5) is 12.1. The molecule has 10 nitrogen and oxygen atoms in total. The van der Waals surface area contributed by atoms with E-state index < -0.39 is 17.6 Å². The summed E-state index contributed by atoms with van der Waals surface area (Å²) in [5, 5.41) is 22.3. The summed E-state index contributed by atoms with van der Waals surface area (Å²) >= 11 is 0. The van der Waals surface area contributed by atoms with E-state index in [1.165, 1.54) is 30.6 Å². The molecular formula is C28H28F4N8O2. The molecule has 0 radical (unpaired) electrons. The fraction of sp³-hybridized carbons (Fsp3) is 0.214. The molecule has 0 unspecified atom stereocenters. The number of aromatic nitrogens is 3. The largest absolute Gasteiger partial charge is 0.508 e. The van der Waals surface area contributed by atoms with Crippen molar-refractivity contribution in [1.82, 2.24) is 15.0 Å². The van der Waals surface area contributed by atoms with Gasteiger partial charge >= 0.3 is 6.18 Å². The van der Waals surface area contributed by atoms with Crippen LogP contribution in [0, 0.1) is 5.82 Å². The van der Waals surface area contributed by atoms with Crippen LogP contribution in [0.1, 0.15) is 24.6 Å². The minimum atomic E-state index is -4.58. The Balaban J connectivity index is 1.39. The van der Waals surface area contributed by atoms with Crippen LogP contribution in [0.2, 0.25) is 0 Å². The van der Waals surface area contributed by atoms with Crippen LogP contribution in [-0.2, 0) is 10.9 Å². The maximum absolute atomic E-state index is 14.0. The van der Waals surface area contributed by atoms with Gasteiger partial charge in [-0.05, 0) is 48.9 Å². The van der Waals surface area contributed by atoms with E-state index in [1.807, 2.05) is 6.92 Å². The van der Waals surface area contributed by atoms with E-state index in [1.54, 1.807) is 24.3 Å². The van der Waals surface area contributed by atoms with Crippen molar-refractivity contribution in [3.63, 3.8) is 0 Å². The second-order valence-corrected chi connectivity index (χ2v) is 8.87. The second-order valence-electron chi connectivity index (χ2n) is 8.87. The quantitative estimate of drug-likeness (QED) is 0.0517. The van der Waals surface area contributed by atoms with Gasteiger partial charge in [0.2, 0.25) is 5.95 Å². The molecule has 4 rings (SSSR count). The van der Waals surface area contributed by atoms with Gasteiger partial charge < -0.3 is 25.8 Å². The van der Waals surface area contributed by atoms with Gasteiger partial charge in [0.25, 0.3) is 0 Å². The normalized spacial score (nSPS) is 11.5. The van der Waals surface area contributed by atoms with E-state index in [9.17, 15) is 22.7 Å². The number of benzene rings is 2. The number of rotatable bonds is 13. The van der Waals surface area contributed by atoms with E-state index in [-0.39, 0.29) is 28.9 Å². The molecule has 42 heavy (non-hydrogen) atoms. The Kier molecular flexibility index (Phi) is 10.1. The van der Waals surface area contributed by atoms with Crippen molar-refractivity contribution in [3.8, 4) is 5.75 Å². The van der Waals surface area contributed by atoms with Crippen molar-refractivity contribution in [2.45, 2.75) is 19.5 Å². The Labute approximate surface area is 238 Å². The Morgan fingerprint density at radius 2 is 1.71 bits per heavy atom. The molecule has 0 atom stereocenters. The van der Waals surface area contributed by atoms with Gasteiger partial charge in [-0.15, -0.1) is 0 Å². The number of nitrogens with one attached hydrogen (secondary N) is 4. The Hall–Kier alpha value is -4.98. The molecule has 0 bridgehead atoms. The predicted octanol–water partition coefficient (Wildman–Crippen LogP) is 6.51. The fourth-order valence-electron chi connectivity index (χ4n) is 3.60. The van der Waals surface area contributed by atoms with Crippen molar-refractivity contribution >= 4 is 40.7 Å². The first-order valence-electron chi connectivity index (χ1n) is 12.8. The SMILES string of the molecule is CCCOCCNc1nc(N/N=C/c2ccc(Nc3cc(Nc4cccc(O)c4)cc(C(F)(F)F)c3)cn2)ncc1F. The van der Waals surface area contributed by atoms with Crippen LogP contribution in [-0.4, -0.2) is 46.0 Å². The predicted molar refractivity (Wildman–Crippen MR) is 153 cm³/mol. The van der Waals surface area contributed by atoms with E-state index in [2.05, 4.69) is 41.4 Å². The fourth-order valence-corrected chi connectivity index (χ4v) is 3.60. The third kappa shape index (κ3) is 9.02. The molecule has 0 saturated heterocycles. The maximum Gasteiger partial charge on any atom is 0.416 e. The number of ether oxygens (including phenoxy) is 1. The lowest BCUT2D eigenvalue weighted by atomic mass is 10.1. The molecule has 2 aromatic heterocycles. The van der Waals surface area contributed by atoms with Crippen molar-refractivity contribution in [2.24, 2.45) is 5.10 Å². The van der Waals surface area contributed by atoms with E-state index >= 15 is 0 Å². The average molecular weight is 585 g/mol. The number of nitrogens with zero attached hydrogens (tertiary/aromatic N) is 4. The summed E-state index contributed by atoms with van der Waals surface area (Å²) in [6.07, 6.45) is 0.132. The van der Waals surface area contributed by atoms with Crippen LogP contribution in [0.25, 0.3) is 0 Å². The lowest BCUT2D eigenvalue weighted by Crippen LogP contribution is -2.13. The van der Waals surface area contributed by atoms with Gasteiger partial charge in [0, 0.05) is 36.3 Å². The third-order valence-corrected chi connectivity index (χ3v) is 5.46. The third-order valence-electron chi connectivity index (χ3n) is 5.46. The summed E-state index contributed by atoms with van der Waals surface area (Å²) in [7, 11) is 0. The van der Waals surface area contributed by atoms with Gasteiger partial charge in [-0.2, -0.15) is 23.3 Å². The number of phenolic OH excluding ortho intramolecular Hbond substituents is 1. The smallest absolute Gasteiger partial charge is 0.416 e. The summed E-state index contributed by atoms with van der Waals surface area (Å²) in [5.74, 6) is -0.576. The van der Waals surface area contributed by atoms with Crippen molar-refractivity contribution in [3.05, 3.63) is 84.1 Å². The van der Waals surface area contributed by atoms with Gasteiger partial charge in [0.1, 0.15) is 5.75 Å². The topological polar surface area (TPSA) is 129 Å². The molecule has 2 heterocycles. The van der Waals surface area contributed by atoms with Crippen LogP contribution in [0.4, 0.5) is 52.1 Å². The molecule has 0 amide bonds. The molecule has 5 N–H and O–H groups in total. The lowest BCUT2D eigenvalue weighted by Gasteiger charge is -2.15. The van der Waals surface area contributed by atoms with Crippen molar-refractivity contribution < 1.29 is 27.4 Å². The molecule has 0 aliphatic rings. The van der Waals surface area contributed by atoms with Crippen molar-refractivity contribution in [2.75, 3.05) is 41.1 Å². The van der Waals surface area contributed by atoms with Gasteiger partial charge in [-0.3, -0.25) is 4.98 Å². The second kappa shape index (κ2) is 14.1. The van der Waals surface area contributed by atoms with E-state index in [0.29, 0.717) is 36.8 Å². The van der Waals surface area contributed by atoms with Crippen LogP contribution < -0.4 is 21.4 Å². The van der Waals surface area contributed by atoms with Gasteiger partial charge in [-0.1, -0.05) is 13.0 Å². The Morgan fingerprint density at radius 1 is 0.929 bits per heavy atom. The van der Waals surface area contributed by atoms with Gasteiger partial charge in [0.05, 0.1) is 42.2 Å². The molecule has 0 aliphatic heterocycles. The molecule has 0 spiro atoms. The van der Waals surface area contributed by atoms with E-state index in [4.69, 9.17) is 4.74 Å². The first-order valence-corrected chi connectivity index (χ1v) is 12.8. The summed E-state index contributed by atoms with van der Waals surface area (Å²) in [6.45, 7) is 3.38. The van der Waals surface area contributed by atoms with Crippen LogP contribution in [0.3, 0.4) is 0 Å². The number of pyridine rings is 1. The summed E-state index contributed by atoms with van der Waals surface area (Å²) < 4.78 is 60.0. The molecule has 0 aliphatic carbocycles. The highest BCUT2D eigenvalue weighted by molar-refractivity contribution is 5.78. The van der Waals surface area contributed by atoms with E-state index in [0.717, 1.165) is 24.8 Å². The maximum atomic E-state index is 14.0. The number of aromatic hydroxyl groups is 1. The number of hydrazone groups is 1. The molecule has 0 fully saturated rings. The zero-order valence-electron chi connectivity index (χ0n) is 22.4. The minimum Gasteiger partial charge on any atom is -0.508 e. The van der Waals surface area contributed by atoms with Gasteiger partial charge in [0.15, 0.2) is 11.6 Å². The summed E-state index contributed by atoms with van der Waals surface area (Å²) in [5.41, 5.74) is 3.38. The molecule has 220 valence electrons. The number of hydrogen-bond donors (Lipinski definition) is 5.